The van der Waals surface area contributed by atoms with Crippen LogP contribution in [0.5, 0.6) is 0 Å². The molecule has 0 rings (SSSR count). The molecule has 0 aliphatic carbocycles. The second kappa shape index (κ2) is 2.09. The Morgan fingerprint density at radius 1 is 1.33 bits per heavy atom. The summed E-state index contributed by atoms with van der Waals surface area (Å²) in [4.78, 5) is 19.9. The fourth-order valence-corrected chi connectivity index (χ4v) is 0.0915. The van der Waals surface area contributed by atoms with E-state index in [1.54, 1.807) is 0 Å². The maximum atomic E-state index is 9.96. The van der Waals surface area contributed by atoms with Crippen LogP contribution in [-0.2, 0) is 9.59 Å². The van der Waals surface area contributed by atoms with Gasteiger partial charge in [-0.15, -0.1) is 0 Å². The number of hydrogen-bond acceptors (Lipinski definition) is 2. The van der Waals surface area contributed by atoms with Crippen LogP contribution >= 0.6 is 0 Å². The molecule has 48 valence electrons. The highest BCUT2D eigenvalue weighted by Crippen LogP contribution is 2.19. The maximum Gasteiger partial charge on any atom is 0.311 e. The summed E-state index contributed by atoms with van der Waals surface area (Å²) in [5, 5.41) is 14.0. The van der Waals surface area contributed by atoms with E-state index in [0.29, 0.717) is 0 Å². The molecule has 0 aromatic heterocycles. The quantitative estimate of drug-likeness (QED) is 0.388. The van der Waals surface area contributed by atoms with E-state index in [1.807, 2.05) is 0 Å². The minimum Gasteiger partial charge on any atom is -0.481 e. The second-order valence-electron chi connectivity index (χ2n) is 1.81. The van der Waals surface area contributed by atoms with Crippen LogP contribution in [0, 0.1) is 0 Å². The highest BCUT2D eigenvalue weighted by Gasteiger charge is 2.34. The van der Waals surface area contributed by atoms with Gasteiger partial charge in [-0.1, -0.05) is 0 Å². The van der Waals surface area contributed by atoms with Gasteiger partial charge < -0.3 is 10.2 Å². The Morgan fingerprint density at radius 2 is 1.56 bits per heavy atom. The topological polar surface area (TPSA) is 74.6 Å². The fraction of sp³-hybridized carbons (Fsp3) is 0.500. The first-order valence-electron chi connectivity index (χ1n) is 2.14. The average molecular weight is 128 g/mol. The standard InChI is InChI=1S/C4H5BO4/c1-4(5,2(6)7)3(8)9/h1H3,(H,6,7)(H,8,9). The summed E-state index contributed by atoms with van der Waals surface area (Å²) in [6, 6.07) is 0. The largest absolute Gasteiger partial charge is 0.481 e. The van der Waals surface area contributed by atoms with E-state index in [9.17, 15) is 9.59 Å². The predicted molar refractivity (Wildman–Crippen MR) is 29.4 cm³/mol. The second-order valence-corrected chi connectivity index (χ2v) is 1.81. The van der Waals surface area contributed by atoms with Crippen molar-refractivity contribution in [2.75, 3.05) is 0 Å². The minimum atomic E-state index is -2.17. The Morgan fingerprint density at radius 3 is 1.56 bits per heavy atom. The Balaban J connectivity index is 4.38. The molecule has 0 aliphatic rings. The molecule has 0 saturated heterocycles. The molecule has 5 heteroatoms. The van der Waals surface area contributed by atoms with Crippen LogP contribution in [0.1, 0.15) is 6.92 Å². The first-order valence-corrected chi connectivity index (χ1v) is 2.14. The molecule has 0 fully saturated rings. The Labute approximate surface area is 52.9 Å². The molecule has 0 bridgehead atoms. The molecule has 0 atom stereocenters. The fourth-order valence-electron chi connectivity index (χ4n) is 0.0915. The van der Waals surface area contributed by atoms with Crippen molar-refractivity contribution in [1.29, 1.82) is 0 Å². The van der Waals surface area contributed by atoms with Crippen molar-refractivity contribution in [3.05, 3.63) is 0 Å². The van der Waals surface area contributed by atoms with Crippen LogP contribution in [0.4, 0.5) is 0 Å². The molecule has 9 heavy (non-hydrogen) atoms. The van der Waals surface area contributed by atoms with Crippen molar-refractivity contribution in [2.24, 2.45) is 0 Å². The number of rotatable bonds is 2. The SMILES string of the molecule is [B]C(C)(C(=O)O)C(=O)O. The summed E-state index contributed by atoms with van der Waals surface area (Å²) < 4.78 is 0. The van der Waals surface area contributed by atoms with Crippen LogP contribution < -0.4 is 0 Å². The van der Waals surface area contributed by atoms with Gasteiger partial charge in [0.05, 0.1) is 0 Å². The molecule has 0 heterocycles. The number of carboxylic acids is 2. The summed E-state index contributed by atoms with van der Waals surface area (Å²) in [6.07, 6.45) is 0. The lowest BCUT2D eigenvalue weighted by Gasteiger charge is -2.11. The van der Waals surface area contributed by atoms with Gasteiger partial charge in [-0.2, -0.15) is 0 Å². The molecular formula is C4H5BO4. The monoisotopic (exact) mass is 128 g/mol. The van der Waals surface area contributed by atoms with Gasteiger partial charge in [0.1, 0.15) is 13.2 Å². The van der Waals surface area contributed by atoms with Crippen molar-refractivity contribution in [3.63, 3.8) is 0 Å². The summed E-state index contributed by atoms with van der Waals surface area (Å²) in [7, 11) is 4.80. The highest BCUT2D eigenvalue weighted by atomic mass is 16.4. The van der Waals surface area contributed by atoms with Gasteiger partial charge in [0.2, 0.25) is 0 Å². The van der Waals surface area contributed by atoms with Crippen LogP contribution in [0.3, 0.4) is 0 Å². The Kier molecular flexibility index (Phi) is 1.86. The van der Waals surface area contributed by atoms with Crippen LogP contribution in [-0.4, -0.2) is 30.0 Å². The lowest BCUT2D eigenvalue weighted by molar-refractivity contribution is -0.152. The van der Waals surface area contributed by atoms with Gasteiger partial charge in [0, 0.05) is 0 Å². The average Bonchev–Trinajstić information content (AvgIpc) is 1.65. The van der Waals surface area contributed by atoms with E-state index in [1.165, 1.54) is 0 Å². The number of carbonyl (C=O) groups is 2. The third kappa shape index (κ3) is 1.45. The lowest BCUT2D eigenvalue weighted by Crippen LogP contribution is -2.29. The molecule has 0 saturated carbocycles. The summed E-state index contributed by atoms with van der Waals surface area (Å²) in [5.41, 5.74) is 0. The van der Waals surface area contributed by atoms with Crippen molar-refractivity contribution in [2.45, 2.75) is 12.2 Å². The maximum absolute atomic E-state index is 9.96. The van der Waals surface area contributed by atoms with E-state index in [2.05, 4.69) is 0 Å². The van der Waals surface area contributed by atoms with Crippen molar-refractivity contribution < 1.29 is 19.8 Å². The van der Waals surface area contributed by atoms with E-state index < -0.39 is 17.3 Å². The molecule has 0 aromatic carbocycles. The number of hydrogen-bond donors (Lipinski definition) is 2. The van der Waals surface area contributed by atoms with Gasteiger partial charge in [-0.05, 0) is 6.92 Å². The zero-order chi connectivity index (χ0) is 7.65. The molecule has 0 unspecified atom stereocenters. The van der Waals surface area contributed by atoms with Crippen LogP contribution in [0.15, 0.2) is 0 Å². The van der Waals surface area contributed by atoms with Gasteiger partial charge >= 0.3 is 11.9 Å². The molecule has 0 aliphatic heterocycles. The van der Waals surface area contributed by atoms with Crippen LogP contribution in [0.2, 0.25) is 5.31 Å². The predicted octanol–water partition coefficient (Wildman–Crippen LogP) is -0.497. The molecule has 0 amide bonds. The van der Waals surface area contributed by atoms with E-state index >= 15 is 0 Å². The highest BCUT2D eigenvalue weighted by molar-refractivity contribution is 6.38. The van der Waals surface area contributed by atoms with Gasteiger partial charge in [-0.3, -0.25) is 9.59 Å². The summed E-state index contributed by atoms with van der Waals surface area (Å²) in [5.74, 6) is -3.09. The Hall–Kier alpha value is -0.995. The minimum absolute atomic E-state index is 0.914. The lowest BCUT2D eigenvalue weighted by atomic mass is 9.71. The molecule has 2 N–H and O–H groups in total. The van der Waals surface area contributed by atoms with Gasteiger partial charge in [0.15, 0.2) is 0 Å². The van der Waals surface area contributed by atoms with Crippen molar-refractivity contribution in [3.8, 4) is 0 Å². The number of aliphatic carboxylic acids is 2. The van der Waals surface area contributed by atoms with E-state index in [-0.39, 0.29) is 0 Å². The zero-order valence-electron chi connectivity index (χ0n) is 4.79. The smallest absolute Gasteiger partial charge is 0.311 e. The first-order chi connectivity index (χ1) is 3.89. The van der Waals surface area contributed by atoms with Crippen molar-refractivity contribution in [1.82, 2.24) is 0 Å². The van der Waals surface area contributed by atoms with Gasteiger partial charge in [0.25, 0.3) is 0 Å². The molecule has 0 spiro atoms. The Bertz CT molecular complexity index is 135. The van der Waals surface area contributed by atoms with E-state index in [0.717, 1.165) is 6.92 Å². The third-order valence-corrected chi connectivity index (χ3v) is 0.889. The summed E-state index contributed by atoms with van der Waals surface area (Å²) in [6.45, 7) is 0.914. The normalized spacial score (nSPS) is 10.8. The molecule has 2 radical (unpaired) electrons. The van der Waals surface area contributed by atoms with Gasteiger partial charge in [-0.25, -0.2) is 0 Å². The zero-order valence-corrected chi connectivity index (χ0v) is 4.79. The van der Waals surface area contributed by atoms with Crippen LogP contribution in [0.25, 0.3) is 0 Å². The number of carboxylic acid groups (broad SMARTS) is 2. The van der Waals surface area contributed by atoms with E-state index in [4.69, 9.17) is 18.1 Å². The third-order valence-electron chi connectivity index (χ3n) is 0.889. The van der Waals surface area contributed by atoms with Crippen molar-refractivity contribution >= 4 is 19.8 Å². The molecular weight excluding hydrogens is 123 g/mol. The molecule has 4 nitrogen and oxygen atoms in total. The molecule has 0 aromatic rings. The summed E-state index contributed by atoms with van der Waals surface area (Å²) >= 11 is 0. The first kappa shape index (κ1) is 8.00.